The summed E-state index contributed by atoms with van der Waals surface area (Å²) in [5.41, 5.74) is 2.00. The molecule has 0 fully saturated rings. The van der Waals surface area contributed by atoms with E-state index in [4.69, 9.17) is 14.2 Å². The second kappa shape index (κ2) is 17.2. The summed E-state index contributed by atoms with van der Waals surface area (Å²) in [7, 11) is 3.73. The molecule has 0 aliphatic carbocycles. The number of urea groups is 1. The Bertz CT molecular complexity index is 1190. The first-order valence-corrected chi connectivity index (χ1v) is 15.7. The Hall–Kier alpha value is -3.34. The largest absolute Gasteiger partial charge is 0.497 e. The van der Waals surface area contributed by atoms with E-state index in [9.17, 15) is 14.7 Å². The standard InChI is InChI=1S/C34H52N4O6/c1-23(2)35-34(41)36-28-13-16-31-30(18-28)33(40)38(25(4)22-39)19-24(3)32(43-17-9-8-10-26(5)44-31)21-37(6)20-27-11-14-29(42-7)15-12-27/h11-16,18,23-26,32,39H,8-10,17,19-22H2,1-7H3,(H2,35,36,41)/t24-,25-,26+,32+/m1/s1. The number of amides is 3. The number of hydrogen-bond acceptors (Lipinski definition) is 7. The molecule has 1 aliphatic rings. The number of methoxy groups -OCH3 is 1. The maximum atomic E-state index is 14.2. The molecule has 1 aliphatic heterocycles. The van der Waals surface area contributed by atoms with E-state index in [2.05, 4.69) is 41.6 Å². The van der Waals surface area contributed by atoms with Gasteiger partial charge in [-0.2, -0.15) is 0 Å². The van der Waals surface area contributed by atoms with Crippen molar-refractivity contribution in [1.29, 1.82) is 0 Å². The Balaban J connectivity index is 1.88. The number of benzene rings is 2. The summed E-state index contributed by atoms with van der Waals surface area (Å²) in [5, 5.41) is 15.8. The number of rotatable bonds is 9. The fourth-order valence-electron chi connectivity index (χ4n) is 5.31. The van der Waals surface area contributed by atoms with Gasteiger partial charge in [0.2, 0.25) is 0 Å². The molecule has 10 nitrogen and oxygen atoms in total. The first-order valence-electron chi connectivity index (χ1n) is 15.7. The average Bonchev–Trinajstić information content (AvgIpc) is 2.98. The van der Waals surface area contributed by atoms with Crippen LogP contribution in [0.1, 0.15) is 69.8 Å². The van der Waals surface area contributed by atoms with Crippen LogP contribution in [0.5, 0.6) is 11.5 Å². The third kappa shape index (κ3) is 10.7. The predicted molar refractivity (Wildman–Crippen MR) is 173 cm³/mol. The number of fused-ring (bicyclic) bond motifs is 1. The van der Waals surface area contributed by atoms with Gasteiger partial charge in [-0.25, -0.2) is 4.79 Å². The average molecular weight is 613 g/mol. The number of aliphatic hydroxyl groups excluding tert-OH is 1. The molecule has 0 saturated carbocycles. The molecular weight excluding hydrogens is 560 g/mol. The van der Waals surface area contributed by atoms with Crippen molar-refractivity contribution >= 4 is 17.6 Å². The van der Waals surface area contributed by atoms with Crippen LogP contribution in [0.15, 0.2) is 42.5 Å². The molecule has 0 bridgehead atoms. The van der Waals surface area contributed by atoms with Gasteiger partial charge in [0.1, 0.15) is 11.5 Å². The zero-order chi connectivity index (χ0) is 32.2. The highest BCUT2D eigenvalue weighted by molar-refractivity contribution is 5.99. The van der Waals surface area contributed by atoms with Gasteiger partial charge in [-0.1, -0.05) is 19.1 Å². The lowest BCUT2D eigenvalue weighted by Crippen LogP contribution is -2.47. The van der Waals surface area contributed by atoms with Gasteiger partial charge in [0.15, 0.2) is 0 Å². The summed E-state index contributed by atoms with van der Waals surface area (Å²) in [6.45, 7) is 11.9. The number of aliphatic hydroxyl groups is 1. The van der Waals surface area contributed by atoms with Gasteiger partial charge in [-0.15, -0.1) is 0 Å². The van der Waals surface area contributed by atoms with E-state index in [1.807, 2.05) is 39.8 Å². The monoisotopic (exact) mass is 612 g/mol. The van der Waals surface area contributed by atoms with Crippen LogP contribution in [0.4, 0.5) is 10.5 Å². The normalized spacial score (nSPS) is 20.8. The number of carbonyl (C=O) groups excluding carboxylic acids is 2. The first-order chi connectivity index (χ1) is 21.0. The van der Waals surface area contributed by atoms with Crippen LogP contribution in [0.3, 0.4) is 0 Å². The van der Waals surface area contributed by atoms with Crippen molar-refractivity contribution in [3.8, 4) is 11.5 Å². The highest BCUT2D eigenvalue weighted by Gasteiger charge is 2.30. The van der Waals surface area contributed by atoms with E-state index in [1.165, 1.54) is 5.56 Å². The number of hydrogen-bond donors (Lipinski definition) is 3. The fourth-order valence-corrected chi connectivity index (χ4v) is 5.31. The maximum absolute atomic E-state index is 14.2. The van der Waals surface area contributed by atoms with Gasteiger partial charge in [-0.05, 0) is 89.9 Å². The van der Waals surface area contributed by atoms with E-state index < -0.39 is 6.04 Å². The molecule has 0 saturated heterocycles. The zero-order valence-electron chi connectivity index (χ0n) is 27.5. The van der Waals surface area contributed by atoms with Crippen molar-refractivity contribution in [2.45, 2.75) is 84.7 Å². The number of likely N-dealkylation sites (N-methyl/N-ethyl adjacent to an activating group) is 1. The smallest absolute Gasteiger partial charge is 0.319 e. The maximum Gasteiger partial charge on any atom is 0.319 e. The Morgan fingerprint density at radius 2 is 1.86 bits per heavy atom. The topological polar surface area (TPSA) is 113 Å². The third-order valence-electron chi connectivity index (χ3n) is 7.83. The molecule has 0 unspecified atom stereocenters. The van der Waals surface area contributed by atoms with E-state index in [-0.39, 0.29) is 42.7 Å². The number of ether oxygens (including phenoxy) is 3. The highest BCUT2D eigenvalue weighted by atomic mass is 16.5. The molecule has 0 radical (unpaired) electrons. The quantitative estimate of drug-likeness (QED) is 0.359. The fraction of sp³-hybridized carbons (Fsp3) is 0.588. The highest BCUT2D eigenvalue weighted by Crippen LogP contribution is 2.28. The van der Waals surface area contributed by atoms with Crippen molar-refractivity contribution in [3.63, 3.8) is 0 Å². The van der Waals surface area contributed by atoms with Gasteiger partial charge in [0.25, 0.3) is 5.91 Å². The van der Waals surface area contributed by atoms with Gasteiger partial charge >= 0.3 is 6.03 Å². The molecule has 3 N–H and O–H groups in total. The minimum absolute atomic E-state index is 0.0318. The molecular formula is C34H52N4O6. The van der Waals surface area contributed by atoms with Crippen LogP contribution in [0.25, 0.3) is 0 Å². The summed E-state index contributed by atoms with van der Waals surface area (Å²) >= 11 is 0. The van der Waals surface area contributed by atoms with Gasteiger partial charge in [0.05, 0.1) is 37.5 Å². The van der Waals surface area contributed by atoms with Crippen LogP contribution in [-0.4, -0.2) is 91.6 Å². The molecule has 10 heteroatoms. The Morgan fingerprint density at radius 1 is 1.14 bits per heavy atom. The van der Waals surface area contributed by atoms with Crippen molar-refractivity contribution in [2.75, 3.05) is 45.8 Å². The summed E-state index contributed by atoms with van der Waals surface area (Å²) in [6.07, 6.45) is 2.37. The van der Waals surface area contributed by atoms with Crippen LogP contribution in [0.2, 0.25) is 0 Å². The zero-order valence-corrected chi connectivity index (χ0v) is 27.5. The van der Waals surface area contributed by atoms with Crippen LogP contribution in [0, 0.1) is 5.92 Å². The number of nitrogens with one attached hydrogen (secondary N) is 2. The van der Waals surface area contributed by atoms with Crippen LogP contribution in [-0.2, 0) is 11.3 Å². The molecule has 1 heterocycles. The lowest BCUT2D eigenvalue weighted by molar-refractivity contribution is -0.0177. The summed E-state index contributed by atoms with van der Waals surface area (Å²) in [5.74, 6) is 0.987. The van der Waals surface area contributed by atoms with Gasteiger partial charge in [-0.3, -0.25) is 9.69 Å². The molecule has 3 amide bonds. The van der Waals surface area contributed by atoms with Crippen LogP contribution >= 0.6 is 0 Å². The van der Waals surface area contributed by atoms with Crippen molar-refractivity contribution < 1.29 is 28.9 Å². The van der Waals surface area contributed by atoms with E-state index >= 15 is 0 Å². The summed E-state index contributed by atoms with van der Waals surface area (Å²) in [4.78, 5) is 30.6. The summed E-state index contributed by atoms with van der Waals surface area (Å²) in [6, 6.07) is 12.4. The Kier molecular flexibility index (Phi) is 13.8. The second-order valence-electron chi connectivity index (χ2n) is 12.3. The molecule has 0 spiro atoms. The van der Waals surface area contributed by atoms with Gasteiger partial charge < -0.3 is 34.9 Å². The van der Waals surface area contributed by atoms with Gasteiger partial charge in [0, 0.05) is 43.9 Å². The van der Waals surface area contributed by atoms with Crippen LogP contribution < -0.4 is 20.1 Å². The molecule has 2 aromatic rings. The number of anilines is 1. The SMILES string of the molecule is COc1ccc(CN(C)C[C@@H]2OCCCC[C@H](C)Oc3ccc(NC(=O)NC(C)C)cc3C(=O)N([C@H](C)CO)C[C@H]2C)cc1. The van der Waals surface area contributed by atoms with E-state index in [1.54, 1.807) is 30.2 Å². The number of nitrogens with zero attached hydrogens (tertiary/aromatic N) is 2. The van der Waals surface area contributed by atoms with Crippen molar-refractivity contribution in [3.05, 3.63) is 53.6 Å². The van der Waals surface area contributed by atoms with E-state index in [0.29, 0.717) is 36.7 Å². The molecule has 0 aromatic heterocycles. The lowest BCUT2D eigenvalue weighted by Gasteiger charge is -2.36. The Labute approximate surface area is 263 Å². The van der Waals surface area contributed by atoms with Crippen molar-refractivity contribution in [1.82, 2.24) is 15.1 Å². The molecule has 3 rings (SSSR count). The molecule has 4 atom stereocenters. The Morgan fingerprint density at radius 3 is 2.52 bits per heavy atom. The predicted octanol–water partition coefficient (Wildman–Crippen LogP) is 5.15. The minimum atomic E-state index is -0.443. The third-order valence-corrected chi connectivity index (χ3v) is 7.83. The minimum Gasteiger partial charge on any atom is -0.497 e. The molecule has 244 valence electrons. The lowest BCUT2D eigenvalue weighted by atomic mass is 10.0. The summed E-state index contributed by atoms with van der Waals surface area (Å²) < 4.78 is 18.1. The molecule has 2 aromatic carbocycles. The van der Waals surface area contributed by atoms with E-state index in [0.717, 1.165) is 31.6 Å². The second-order valence-corrected chi connectivity index (χ2v) is 12.3. The molecule has 44 heavy (non-hydrogen) atoms. The number of carbonyl (C=O) groups is 2. The van der Waals surface area contributed by atoms with Crippen molar-refractivity contribution in [2.24, 2.45) is 5.92 Å². The first kappa shape index (κ1) is 35.1.